The second-order valence-corrected chi connectivity index (χ2v) is 12.4. The molecule has 0 bridgehead atoms. The second kappa shape index (κ2) is 11.3. The summed E-state index contributed by atoms with van der Waals surface area (Å²) in [4.78, 5) is 11.5. The normalized spacial score (nSPS) is 14.8. The van der Waals surface area contributed by atoms with Gasteiger partial charge >= 0.3 is 42.3 Å². The van der Waals surface area contributed by atoms with Crippen LogP contribution in [-0.2, 0) is 23.1 Å². The molecule has 0 N–H and O–H groups in total. The van der Waals surface area contributed by atoms with Crippen LogP contribution in [0.25, 0.3) is 0 Å². The van der Waals surface area contributed by atoms with Crippen LogP contribution >= 0.6 is 0 Å². The van der Waals surface area contributed by atoms with Crippen LogP contribution in [0.4, 0.5) is 16.9 Å². The van der Waals surface area contributed by atoms with Gasteiger partial charge < -0.3 is 4.74 Å². The summed E-state index contributed by atoms with van der Waals surface area (Å²) < 4.78 is 69.1. The Labute approximate surface area is 170 Å². The van der Waals surface area contributed by atoms with E-state index < -0.39 is 19.5 Å². The van der Waals surface area contributed by atoms with Crippen LogP contribution in [0, 0.1) is 0 Å². The summed E-state index contributed by atoms with van der Waals surface area (Å²) in [6.45, 7) is 6.42. The van der Waals surface area contributed by atoms with Gasteiger partial charge in [0.15, 0.2) is 0 Å². The van der Waals surface area contributed by atoms with Gasteiger partial charge in [-0.25, -0.2) is 13.9 Å². The Bertz CT molecular complexity index is 620. The van der Waals surface area contributed by atoms with Crippen molar-refractivity contribution in [3.05, 3.63) is 31.4 Å². The predicted molar refractivity (Wildman–Crippen MR) is 101 cm³/mol. The van der Waals surface area contributed by atoms with Gasteiger partial charge in [0.1, 0.15) is 25.0 Å². The molecule has 1 aromatic rings. The molecule has 0 spiro atoms. The minimum atomic E-state index is -11.2. The van der Waals surface area contributed by atoms with Gasteiger partial charge in [0, 0.05) is 6.08 Å². The molecule has 0 fully saturated rings. The number of ether oxygens (including phenoxy) is 1. The Morgan fingerprint density at radius 1 is 1.10 bits per heavy atom. The first kappa shape index (κ1) is 27.8. The zero-order valence-corrected chi connectivity index (χ0v) is 19.4. The first-order valence-electron chi connectivity index (χ1n) is 9.51. The Kier molecular flexibility index (Phi) is 10.8. The molecule has 0 aromatic carbocycles. The topological polar surface area (TPSA) is 35.1 Å². The quantitative estimate of drug-likeness (QED) is 0.0849. The number of unbranched alkanes of at least 4 members (excludes halogenated alkanes) is 6. The van der Waals surface area contributed by atoms with Crippen molar-refractivity contribution in [2.24, 2.45) is 7.05 Å². The van der Waals surface area contributed by atoms with Crippen molar-refractivity contribution < 1.29 is 31.0 Å². The Hall–Kier alpha value is -1.18. The van der Waals surface area contributed by atoms with Crippen molar-refractivity contribution in [1.82, 2.24) is 4.57 Å². The van der Waals surface area contributed by atoms with Crippen LogP contribution in [0.15, 0.2) is 31.4 Å². The summed E-state index contributed by atoms with van der Waals surface area (Å²) >= 11 is -11.2. The molecule has 29 heavy (non-hydrogen) atoms. The van der Waals surface area contributed by atoms with E-state index in [1.807, 2.05) is 30.3 Å². The van der Waals surface area contributed by atoms with E-state index in [1.165, 1.54) is 44.6 Å². The average Bonchev–Trinajstić information content (AvgIpc) is 2.95. The molecule has 11 heteroatoms. The second-order valence-electron chi connectivity index (χ2n) is 6.91. The Morgan fingerprint density at radius 2 is 1.62 bits per heavy atom. The first-order valence-corrected chi connectivity index (χ1v) is 15.3. The number of aryl methyl sites for hydroxylation is 1. The van der Waals surface area contributed by atoms with E-state index in [-0.39, 0.29) is 12.1 Å². The van der Waals surface area contributed by atoms with Crippen LogP contribution in [-0.4, -0.2) is 36.1 Å². The van der Waals surface area contributed by atoms with Gasteiger partial charge in [-0.2, -0.15) is 0 Å². The number of carbonyl (C=O) groups excluding carboxylic acids is 1. The van der Waals surface area contributed by atoms with E-state index in [9.17, 15) is 21.7 Å². The van der Waals surface area contributed by atoms with Crippen molar-refractivity contribution >= 4 is 25.4 Å². The molecular weight excluding hydrogens is 512 g/mol. The molecular formula is C18H31F6N2O2Sb. The number of rotatable bonds is 12. The Morgan fingerprint density at radius 3 is 2.07 bits per heavy atom. The number of esters is 1. The molecule has 1 heterocycles. The molecule has 0 saturated carbocycles. The number of halogens is 6. The third kappa shape index (κ3) is 23.0. The SMILES string of the molecule is C=CC(=O)OC(CCCCCCCCC)Cn1cc[n+](C)c1.[F][Sb-]([F])([F])([F])([F])[F]. The van der Waals surface area contributed by atoms with Crippen molar-refractivity contribution in [1.29, 1.82) is 0 Å². The summed E-state index contributed by atoms with van der Waals surface area (Å²) in [6, 6.07) is 0. The number of nitrogens with zero attached hydrogens (tertiary/aromatic N) is 2. The first-order chi connectivity index (χ1) is 13.1. The van der Waals surface area contributed by atoms with Crippen molar-refractivity contribution in [3.8, 4) is 0 Å². The van der Waals surface area contributed by atoms with Gasteiger partial charge in [-0.15, -0.1) is 0 Å². The zero-order valence-electron chi connectivity index (χ0n) is 16.9. The summed E-state index contributed by atoms with van der Waals surface area (Å²) in [5.41, 5.74) is 0. The fourth-order valence-corrected chi connectivity index (χ4v) is 2.57. The summed E-state index contributed by atoms with van der Waals surface area (Å²) in [5, 5.41) is 0. The number of aromatic nitrogens is 2. The van der Waals surface area contributed by atoms with Crippen molar-refractivity contribution in [3.63, 3.8) is 0 Å². The van der Waals surface area contributed by atoms with Gasteiger partial charge in [-0.3, -0.25) is 0 Å². The standard InChI is InChI=1S/C18H31N2O2.6FH.Sb/c1-4-6-7-8-9-10-11-12-17(22-18(21)5-2)15-20-14-13-19(3)16-20;;;;;;;/h5,13-14,16-17H,2,4,6-12,15H2,1,3H3;6*1H;/q+1;;;;;;;+5/p-6. The van der Waals surface area contributed by atoms with E-state index >= 15 is 0 Å². The van der Waals surface area contributed by atoms with E-state index in [0.717, 1.165) is 12.8 Å². The van der Waals surface area contributed by atoms with Gasteiger partial charge in [0.25, 0.3) is 0 Å². The third-order valence-corrected chi connectivity index (χ3v) is 3.82. The van der Waals surface area contributed by atoms with Crippen molar-refractivity contribution in [2.75, 3.05) is 0 Å². The molecule has 1 aromatic heterocycles. The molecule has 0 aliphatic carbocycles. The molecule has 0 radical (unpaired) electrons. The molecule has 0 amide bonds. The Balaban J connectivity index is 0.000000956. The van der Waals surface area contributed by atoms with Crippen LogP contribution < -0.4 is 4.57 Å². The van der Waals surface area contributed by atoms with Crippen LogP contribution in [0.2, 0.25) is 0 Å². The van der Waals surface area contributed by atoms with Crippen LogP contribution in [0.1, 0.15) is 58.3 Å². The van der Waals surface area contributed by atoms with Crippen LogP contribution in [0.5, 0.6) is 0 Å². The van der Waals surface area contributed by atoms with Crippen LogP contribution in [0.3, 0.4) is 0 Å². The zero-order chi connectivity index (χ0) is 22.6. The van der Waals surface area contributed by atoms with Gasteiger partial charge in [-0.1, -0.05) is 52.0 Å². The minimum absolute atomic E-state index is 0.0754. The molecule has 0 aliphatic rings. The van der Waals surface area contributed by atoms with E-state index in [1.54, 1.807) is 0 Å². The molecule has 1 atom stereocenters. The van der Waals surface area contributed by atoms with Gasteiger partial charge in [0.05, 0.1) is 7.05 Å². The average molecular weight is 543 g/mol. The van der Waals surface area contributed by atoms with Gasteiger partial charge in [0.2, 0.25) is 6.33 Å². The number of hydrogen-bond donors (Lipinski definition) is 0. The molecule has 1 unspecified atom stereocenters. The van der Waals surface area contributed by atoms with Gasteiger partial charge in [-0.05, 0) is 12.8 Å². The molecule has 172 valence electrons. The van der Waals surface area contributed by atoms with Crippen molar-refractivity contribution in [2.45, 2.75) is 70.9 Å². The summed E-state index contributed by atoms with van der Waals surface area (Å²) in [6.07, 6.45) is 16.9. The maximum absolute atomic E-state index is 11.5. The summed E-state index contributed by atoms with van der Waals surface area (Å²) in [5.74, 6) is -0.329. The molecule has 0 aliphatic heterocycles. The number of imidazole rings is 1. The third-order valence-electron chi connectivity index (χ3n) is 3.82. The maximum atomic E-state index is 11.5. The fourth-order valence-electron chi connectivity index (χ4n) is 2.57. The van der Waals surface area contributed by atoms with E-state index in [0.29, 0.717) is 6.54 Å². The monoisotopic (exact) mass is 542 g/mol. The number of carbonyl (C=O) groups is 1. The predicted octanol–water partition coefficient (Wildman–Crippen LogP) is 5.69. The molecule has 1 rings (SSSR count). The molecule has 0 saturated heterocycles. The fraction of sp³-hybridized carbons (Fsp3) is 0.667. The van der Waals surface area contributed by atoms with E-state index in [2.05, 4.69) is 18.1 Å². The molecule has 4 nitrogen and oxygen atoms in total. The number of hydrogen-bond acceptors (Lipinski definition) is 2. The summed E-state index contributed by atoms with van der Waals surface area (Å²) in [7, 11) is 1.98. The van der Waals surface area contributed by atoms with E-state index in [4.69, 9.17) is 4.74 Å².